The summed E-state index contributed by atoms with van der Waals surface area (Å²) >= 11 is 0. The fraction of sp³-hybridized carbons (Fsp3) is 0.444. The molecule has 0 saturated carbocycles. The predicted octanol–water partition coefficient (Wildman–Crippen LogP) is 1.98. The van der Waals surface area contributed by atoms with Crippen LogP contribution in [0.15, 0.2) is 36.4 Å². The predicted molar refractivity (Wildman–Crippen MR) is 110 cm³/mol. The highest BCUT2D eigenvalue weighted by Gasteiger charge is 2.10. The lowest BCUT2D eigenvalue weighted by Gasteiger charge is -2.16. The Morgan fingerprint density at radius 3 is 2.04 bits per heavy atom. The van der Waals surface area contributed by atoms with Crippen LogP contribution < -0.4 is 15.5 Å². The Balaban J connectivity index is 0. The number of anilines is 2. The smallest absolute Gasteiger partial charge is 0.245 e. The fourth-order valence-electron chi connectivity index (χ4n) is 1.59. The molecule has 0 saturated heterocycles. The van der Waals surface area contributed by atoms with Crippen molar-refractivity contribution in [3.63, 3.8) is 0 Å². The van der Waals surface area contributed by atoms with Crippen molar-refractivity contribution in [1.29, 1.82) is 0 Å². The first-order chi connectivity index (χ1) is 12.5. The molecule has 1 aromatic carbocycles. The molecule has 8 heteroatoms. The summed E-state index contributed by atoms with van der Waals surface area (Å²) < 4.78 is 0. The average Bonchev–Trinajstić information content (AvgIpc) is 3.18. The molecule has 0 fully saturated rings. The fourth-order valence-corrected chi connectivity index (χ4v) is 1.59. The summed E-state index contributed by atoms with van der Waals surface area (Å²) in [4.78, 5) is 8.06. The third kappa shape index (κ3) is 9.65. The standard InChI is InChI=1S/C12H17N5O.C4H8.CH5N.CH4O/c1-16(2)11-13-12(15-14-11)17(3)8-9-6-4-5-7-10(9)18;1-3-4-2;2*1-2/h4-7,18H,8H2,1-3H3,(H,13,14,15);3-4H,1-2H3;2H2,1H3;2H,1H3/b;4-3-;;. The van der Waals surface area contributed by atoms with Gasteiger partial charge in [0.05, 0.1) is 0 Å². The minimum absolute atomic E-state index is 0.289. The van der Waals surface area contributed by atoms with Gasteiger partial charge in [-0.25, -0.2) is 5.10 Å². The van der Waals surface area contributed by atoms with Crippen molar-refractivity contribution in [1.82, 2.24) is 15.2 Å². The number of aromatic amines is 1. The summed E-state index contributed by atoms with van der Waals surface area (Å²) in [6, 6.07) is 7.26. The summed E-state index contributed by atoms with van der Waals surface area (Å²) in [5.41, 5.74) is 5.35. The third-order valence-corrected chi connectivity index (χ3v) is 2.96. The zero-order valence-electron chi connectivity index (χ0n) is 16.9. The molecular formula is C18H34N6O2. The molecule has 2 aromatic rings. The normalized spacial score (nSPS) is 9.12. The van der Waals surface area contributed by atoms with Gasteiger partial charge < -0.3 is 25.7 Å². The summed E-state index contributed by atoms with van der Waals surface area (Å²) in [6.07, 6.45) is 4.00. The van der Waals surface area contributed by atoms with Crippen LogP contribution in [0.2, 0.25) is 0 Å². The lowest BCUT2D eigenvalue weighted by atomic mass is 10.2. The van der Waals surface area contributed by atoms with Gasteiger partial charge in [-0.15, -0.1) is 5.10 Å². The van der Waals surface area contributed by atoms with Gasteiger partial charge in [-0.3, -0.25) is 0 Å². The van der Waals surface area contributed by atoms with E-state index in [-0.39, 0.29) is 5.75 Å². The van der Waals surface area contributed by atoms with Crippen LogP contribution in [0.3, 0.4) is 0 Å². The minimum Gasteiger partial charge on any atom is -0.508 e. The van der Waals surface area contributed by atoms with E-state index in [2.05, 4.69) is 20.9 Å². The van der Waals surface area contributed by atoms with Crippen molar-refractivity contribution in [2.45, 2.75) is 20.4 Å². The molecule has 0 aliphatic carbocycles. The van der Waals surface area contributed by atoms with Crippen LogP contribution in [-0.2, 0) is 6.54 Å². The Bertz CT molecular complexity index is 595. The summed E-state index contributed by atoms with van der Waals surface area (Å²) in [7, 11) is 8.17. The van der Waals surface area contributed by atoms with Gasteiger partial charge in [-0.2, -0.15) is 4.98 Å². The number of H-pyrrole nitrogens is 1. The largest absolute Gasteiger partial charge is 0.508 e. The number of aliphatic hydroxyl groups is 1. The maximum absolute atomic E-state index is 9.72. The van der Waals surface area contributed by atoms with E-state index in [0.29, 0.717) is 18.4 Å². The molecule has 1 aromatic heterocycles. The first-order valence-corrected chi connectivity index (χ1v) is 8.17. The Kier molecular flexibility index (Phi) is 15.7. The van der Waals surface area contributed by atoms with E-state index in [1.165, 1.54) is 7.05 Å². The van der Waals surface area contributed by atoms with E-state index in [0.717, 1.165) is 12.7 Å². The van der Waals surface area contributed by atoms with Gasteiger partial charge in [0.15, 0.2) is 0 Å². The zero-order chi connectivity index (χ0) is 20.5. The molecule has 0 aliphatic heterocycles. The van der Waals surface area contributed by atoms with Crippen molar-refractivity contribution in [3.05, 3.63) is 42.0 Å². The molecule has 2 rings (SSSR count). The van der Waals surface area contributed by atoms with Gasteiger partial charge in [-0.05, 0) is 27.0 Å². The van der Waals surface area contributed by atoms with Crippen LogP contribution in [0.25, 0.3) is 0 Å². The maximum atomic E-state index is 9.72. The molecule has 1 heterocycles. The Labute approximate surface area is 157 Å². The van der Waals surface area contributed by atoms with E-state index in [1.807, 2.05) is 69.1 Å². The molecule has 0 atom stereocenters. The third-order valence-electron chi connectivity index (χ3n) is 2.96. The number of hydrogen-bond acceptors (Lipinski definition) is 7. The van der Waals surface area contributed by atoms with Gasteiger partial charge in [0, 0.05) is 40.4 Å². The van der Waals surface area contributed by atoms with Gasteiger partial charge in [0.1, 0.15) is 5.75 Å². The Morgan fingerprint density at radius 2 is 1.62 bits per heavy atom. The second-order valence-corrected chi connectivity index (χ2v) is 5.00. The minimum atomic E-state index is 0.289. The van der Waals surface area contributed by atoms with Crippen LogP contribution in [0.4, 0.5) is 11.9 Å². The topological polar surface area (TPSA) is 115 Å². The number of aromatic hydroxyl groups is 1. The highest BCUT2D eigenvalue weighted by Crippen LogP contribution is 2.19. The molecule has 8 nitrogen and oxygen atoms in total. The van der Waals surface area contributed by atoms with E-state index >= 15 is 0 Å². The number of aromatic nitrogens is 3. The quantitative estimate of drug-likeness (QED) is 0.612. The lowest BCUT2D eigenvalue weighted by molar-refractivity contribution is 0.399. The number of phenols is 1. The van der Waals surface area contributed by atoms with Gasteiger partial charge in [-0.1, -0.05) is 30.4 Å². The second kappa shape index (κ2) is 15.9. The molecule has 0 amide bonds. The summed E-state index contributed by atoms with van der Waals surface area (Å²) in [5, 5.41) is 23.7. The Morgan fingerprint density at radius 1 is 1.08 bits per heavy atom. The number of nitrogens with zero attached hydrogens (tertiary/aromatic N) is 4. The number of nitrogens with two attached hydrogens (primary N) is 1. The molecule has 0 unspecified atom stereocenters. The second-order valence-electron chi connectivity index (χ2n) is 5.00. The van der Waals surface area contributed by atoms with Crippen LogP contribution in [0.5, 0.6) is 5.75 Å². The Hall–Kier alpha value is -2.58. The van der Waals surface area contributed by atoms with E-state index in [9.17, 15) is 5.11 Å². The number of allylic oxidation sites excluding steroid dienone is 2. The molecule has 0 radical (unpaired) electrons. The van der Waals surface area contributed by atoms with E-state index in [4.69, 9.17) is 5.11 Å². The monoisotopic (exact) mass is 366 g/mol. The van der Waals surface area contributed by atoms with Crippen molar-refractivity contribution < 1.29 is 10.2 Å². The molecule has 148 valence electrons. The molecular weight excluding hydrogens is 332 g/mol. The molecule has 5 N–H and O–H groups in total. The molecule has 0 spiro atoms. The van der Waals surface area contributed by atoms with Crippen LogP contribution in [0.1, 0.15) is 19.4 Å². The summed E-state index contributed by atoms with van der Waals surface area (Å²) in [5.74, 6) is 1.59. The van der Waals surface area contributed by atoms with Gasteiger partial charge in [0.25, 0.3) is 0 Å². The van der Waals surface area contributed by atoms with Crippen LogP contribution in [-0.4, -0.2) is 60.7 Å². The molecule has 0 bridgehead atoms. The van der Waals surface area contributed by atoms with E-state index < -0.39 is 0 Å². The molecule has 0 aliphatic rings. The number of nitrogens with one attached hydrogen (secondary N) is 1. The number of phenolic OH excluding ortho intramolecular Hbond substituents is 1. The number of aliphatic hydroxyl groups excluding tert-OH is 1. The van der Waals surface area contributed by atoms with Crippen LogP contribution in [0, 0.1) is 0 Å². The SMILES string of the molecule is C/C=C\C.CN.CN(C)c1n[nH]c(N(C)Cc2ccccc2O)n1.CO. The lowest BCUT2D eigenvalue weighted by Crippen LogP contribution is -2.18. The van der Waals surface area contributed by atoms with Crippen molar-refractivity contribution in [2.75, 3.05) is 45.1 Å². The van der Waals surface area contributed by atoms with Crippen molar-refractivity contribution >= 4 is 11.9 Å². The van der Waals surface area contributed by atoms with E-state index in [1.54, 1.807) is 12.1 Å². The van der Waals surface area contributed by atoms with Crippen molar-refractivity contribution in [3.8, 4) is 5.75 Å². The zero-order valence-corrected chi connectivity index (χ0v) is 16.9. The van der Waals surface area contributed by atoms with Crippen molar-refractivity contribution in [2.24, 2.45) is 5.73 Å². The number of benzene rings is 1. The molecule has 26 heavy (non-hydrogen) atoms. The first kappa shape index (κ1) is 25.7. The van der Waals surface area contributed by atoms with Crippen LogP contribution >= 0.6 is 0 Å². The number of para-hydroxylation sites is 1. The average molecular weight is 367 g/mol. The van der Waals surface area contributed by atoms with Gasteiger partial charge >= 0.3 is 0 Å². The first-order valence-electron chi connectivity index (χ1n) is 8.17. The summed E-state index contributed by atoms with van der Waals surface area (Å²) in [6.45, 7) is 4.56. The van der Waals surface area contributed by atoms with Gasteiger partial charge in [0.2, 0.25) is 11.9 Å². The maximum Gasteiger partial charge on any atom is 0.245 e. The number of hydrogen-bond donors (Lipinski definition) is 4. The highest BCUT2D eigenvalue weighted by atomic mass is 16.3. The highest BCUT2D eigenvalue weighted by molar-refractivity contribution is 5.40. The number of rotatable bonds is 4.